The number of ether oxygens (including phenoxy) is 2. The number of aryl methyl sites for hydroxylation is 1. The summed E-state index contributed by atoms with van der Waals surface area (Å²) in [5.41, 5.74) is 9.58. The van der Waals surface area contributed by atoms with Crippen molar-refractivity contribution in [3.8, 4) is 11.5 Å². The van der Waals surface area contributed by atoms with Crippen molar-refractivity contribution in [2.24, 2.45) is 0 Å². The van der Waals surface area contributed by atoms with E-state index in [2.05, 4.69) is 16.8 Å². The molecule has 0 saturated carbocycles. The van der Waals surface area contributed by atoms with Gasteiger partial charge >= 0.3 is 0 Å². The average Bonchev–Trinajstić information content (AvgIpc) is 3.03. The number of aromatic nitrogens is 1. The number of nitrogens with two attached hydrogens (primary N) is 1. The molecule has 6 nitrogen and oxygen atoms in total. The van der Waals surface area contributed by atoms with Crippen molar-refractivity contribution in [3.63, 3.8) is 0 Å². The Hall–Kier alpha value is -2.63. The van der Waals surface area contributed by atoms with Gasteiger partial charge < -0.3 is 25.1 Å². The summed E-state index contributed by atoms with van der Waals surface area (Å²) in [6, 6.07) is 5.24. The fourth-order valence-corrected chi connectivity index (χ4v) is 2.77. The smallest absolute Gasteiger partial charge is 0.257 e. The molecule has 6 heteroatoms. The second-order valence-electron chi connectivity index (χ2n) is 5.28. The fourth-order valence-electron chi connectivity index (χ4n) is 2.77. The van der Waals surface area contributed by atoms with Gasteiger partial charge in [-0.2, -0.15) is 0 Å². The average molecular weight is 301 g/mol. The van der Waals surface area contributed by atoms with Crippen molar-refractivity contribution in [2.45, 2.75) is 27.3 Å². The molecule has 0 atom stereocenters. The second-order valence-corrected chi connectivity index (χ2v) is 5.28. The first-order valence-corrected chi connectivity index (χ1v) is 7.18. The van der Waals surface area contributed by atoms with Gasteiger partial charge in [0.2, 0.25) is 6.79 Å². The Balaban J connectivity index is 1.89. The molecule has 0 saturated heterocycles. The fraction of sp³-hybridized carbons (Fsp3) is 0.312. The van der Waals surface area contributed by atoms with E-state index in [9.17, 15) is 4.79 Å². The molecular formula is C16H19N3O3. The van der Waals surface area contributed by atoms with E-state index < -0.39 is 0 Å². The molecule has 1 aliphatic heterocycles. The lowest BCUT2D eigenvalue weighted by atomic mass is 10.2. The molecule has 3 rings (SSSR count). The summed E-state index contributed by atoms with van der Waals surface area (Å²) in [5.74, 6) is 1.00. The van der Waals surface area contributed by atoms with Crippen LogP contribution in [0.1, 0.15) is 28.7 Å². The Kier molecular flexibility index (Phi) is 3.44. The van der Waals surface area contributed by atoms with Crippen molar-refractivity contribution in [3.05, 3.63) is 35.2 Å². The molecule has 2 heterocycles. The highest BCUT2D eigenvalue weighted by molar-refractivity contribution is 6.07. The summed E-state index contributed by atoms with van der Waals surface area (Å²) in [5, 5.41) is 2.85. The van der Waals surface area contributed by atoms with Gasteiger partial charge in [-0.1, -0.05) is 0 Å². The number of hydrogen-bond donors (Lipinski definition) is 2. The zero-order valence-electron chi connectivity index (χ0n) is 12.9. The molecule has 3 N–H and O–H groups in total. The van der Waals surface area contributed by atoms with Gasteiger partial charge in [0.25, 0.3) is 5.91 Å². The first kappa shape index (κ1) is 14.3. The minimum absolute atomic E-state index is 0.170. The van der Waals surface area contributed by atoms with Crippen LogP contribution in [0, 0.1) is 13.8 Å². The number of nitrogens with zero attached hydrogens (tertiary/aromatic N) is 1. The minimum atomic E-state index is -0.182. The number of carbonyl (C=O) groups is 1. The predicted octanol–water partition coefficient (Wildman–Crippen LogP) is 2.69. The highest BCUT2D eigenvalue weighted by Gasteiger charge is 2.19. The van der Waals surface area contributed by atoms with Crippen molar-refractivity contribution in [1.29, 1.82) is 0 Å². The zero-order chi connectivity index (χ0) is 15.9. The van der Waals surface area contributed by atoms with Crippen LogP contribution in [-0.2, 0) is 6.54 Å². The third kappa shape index (κ3) is 2.26. The van der Waals surface area contributed by atoms with Gasteiger partial charge in [-0.15, -0.1) is 0 Å². The summed E-state index contributed by atoms with van der Waals surface area (Å²) in [4.78, 5) is 12.5. The maximum absolute atomic E-state index is 12.5. The van der Waals surface area contributed by atoms with Crippen LogP contribution >= 0.6 is 0 Å². The van der Waals surface area contributed by atoms with E-state index in [0.29, 0.717) is 28.4 Å². The molecule has 1 aromatic heterocycles. The van der Waals surface area contributed by atoms with E-state index in [1.807, 2.05) is 19.9 Å². The third-order valence-corrected chi connectivity index (χ3v) is 3.93. The lowest BCUT2D eigenvalue weighted by Gasteiger charge is -2.10. The first-order chi connectivity index (χ1) is 10.5. The van der Waals surface area contributed by atoms with E-state index >= 15 is 0 Å². The molecule has 1 amide bonds. The molecular weight excluding hydrogens is 282 g/mol. The van der Waals surface area contributed by atoms with E-state index in [1.165, 1.54) is 0 Å². The summed E-state index contributed by atoms with van der Waals surface area (Å²) >= 11 is 0. The van der Waals surface area contributed by atoms with Gasteiger partial charge in [0, 0.05) is 30.1 Å². The standard InChI is InChI=1S/C16H19N3O3/c1-4-19-9(2)5-11(10(19)3)16(20)18-13-7-15-14(6-12(13)17)21-8-22-15/h5-7H,4,8,17H2,1-3H3,(H,18,20). The van der Waals surface area contributed by atoms with E-state index in [0.717, 1.165) is 17.9 Å². The third-order valence-electron chi connectivity index (χ3n) is 3.93. The van der Waals surface area contributed by atoms with E-state index in [1.54, 1.807) is 12.1 Å². The molecule has 2 aromatic rings. The van der Waals surface area contributed by atoms with Gasteiger partial charge in [-0.05, 0) is 26.8 Å². The van der Waals surface area contributed by atoms with E-state index in [-0.39, 0.29) is 12.7 Å². The number of benzene rings is 1. The molecule has 0 fully saturated rings. The normalized spacial score (nSPS) is 12.5. The van der Waals surface area contributed by atoms with Crippen molar-refractivity contribution < 1.29 is 14.3 Å². The number of carbonyl (C=O) groups excluding carboxylic acids is 1. The SMILES string of the molecule is CCn1c(C)cc(C(=O)Nc2cc3c(cc2N)OCO3)c1C. The molecule has 0 radical (unpaired) electrons. The van der Waals surface area contributed by atoms with Gasteiger partial charge in [0.15, 0.2) is 11.5 Å². The quantitative estimate of drug-likeness (QED) is 0.854. The monoisotopic (exact) mass is 301 g/mol. The molecule has 22 heavy (non-hydrogen) atoms. The van der Waals surface area contributed by atoms with Crippen LogP contribution < -0.4 is 20.5 Å². The van der Waals surface area contributed by atoms with Crippen LogP contribution in [0.2, 0.25) is 0 Å². The Labute approximate surface area is 128 Å². The van der Waals surface area contributed by atoms with Crippen LogP contribution in [0.4, 0.5) is 11.4 Å². The number of fused-ring (bicyclic) bond motifs is 1. The summed E-state index contributed by atoms with van der Waals surface area (Å²) in [6.07, 6.45) is 0. The topological polar surface area (TPSA) is 78.5 Å². The highest BCUT2D eigenvalue weighted by Crippen LogP contribution is 2.38. The van der Waals surface area contributed by atoms with Crippen LogP contribution in [0.15, 0.2) is 18.2 Å². The number of nitrogen functional groups attached to an aromatic ring is 1. The molecule has 116 valence electrons. The number of rotatable bonds is 3. The summed E-state index contributed by atoms with van der Waals surface area (Å²) < 4.78 is 12.7. The number of nitrogens with one attached hydrogen (secondary N) is 1. The maximum Gasteiger partial charge on any atom is 0.257 e. The van der Waals surface area contributed by atoms with Crippen LogP contribution in [0.5, 0.6) is 11.5 Å². The van der Waals surface area contributed by atoms with Gasteiger partial charge in [-0.3, -0.25) is 4.79 Å². The molecule has 1 aliphatic rings. The summed E-state index contributed by atoms with van der Waals surface area (Å²) in [7, 11) is 0. The molecule has 0 spiro atoms. The van der Waals surface area contributed by atoms with Crippen LogP contribution in [0.3, 0.4) is 0 Å². The second kappa shape index (κ2) is 5.29. The number of anilines is 2. The van der Waals surface area contributed by atoms with Crippen LogP contribution in [0.25, 0.3) is 0 Å². The van der Waals surface area contributed by atoms with Crippen molar-refractivity contribution in [2.75, 3.05) is 17.8 Å². The van der Waals surface area contributed by atoms with Gasteiger partial charge in [0.1, 0.15) is 0 Å². The highest BCUT2D eigenvalue weighted by atomic mass is 16.7. The first-order valence-electron chi connectivity index (χ1n) is 7.18. The van der Waals surface area contributed by atoms with Gasteiger partial charge in [0.05, 0.1) is 16.9 Å². The Morgan fingerprint density at radius 2 is 1.95 bits per heavy atom. The molecule has 1 aromatic carbocycles. The lowest BCUT2D eigenvalue weighted by Crippen LogP contribution is -2.14. The Bertz CT molecular complexity index is 750. The van der Waals surface area contributed by atoms with Crippen molar-refractivity contribution >= 4 is 17.3 Å². The number of amides is 1. The largest absolute Gasteiger partial charge is 0.454 e. The van der Waals surface area contributed by atoms with Gasteiger partial charge in [-0.25, -0.2) is 0 Å². The predicted molar refractivity (Wildman–Crippen MR) is 84.5 cm³/mol. The lowest BCUT2D eigenvalue weighted by molar-refractivity contribution is 0.102. The number of hydrogen-bond acceptors (Lipinski definition) is 4. The molecule has 0 bridgehead atoms. The summed E-state index contributed by atoms with van der Waals surface area (Å²) in [6.45, 7) is 6.98. The Morgan fingerprint density at radius 3 is 2.59 bits per heavy atom. The van der Waals surface area contributed by atoms with Crippen LogP contribution in [-0.4, -0.2) is 17.3 Å². The maximum atomic E-state index is 12.5. The zero-order valence-corrected chi connectivity index (χ0v) is 12.9. The Morgan fingerprint density at radius 1 is 1.27 bits per heavy atom. The van der Waals surface area contributed by atoms with Crippen molar-refractivity contribution in [1.82, 2.24) is 4.57 Å². The molecule has 0 unspecified atom stereocenters. The minimum Gasteiger partial charge on any atom is -0.454 e. The van der Waals surface area contributed by atoms with E-state index in [4.69, 9.17) is 15.2 Å². The molecule has 0 aliphatic carbocycles.